The quantitative estimate of drug-likeness (QED) is 0.684. The molecule has 0 saturated carbocycles. The van der Waals surface area contributed by atoms with E-state index in [0.29, 0.717) is 11.3 Å². The van der Waals surface area contributed by atoms with Gasteiger partial charge in [0.25, 0.3) is 0 Å². The maximum atomic E-state index is 12.6. The maximum absolute atomic E-state index is 12.6. The van der Waals surface area contributed by atoms with E-state index in [-0.39, 0.29) is 5.78 Å². The normalized spacial score (nSPS) is 10.9. The van der Waals surface area contributed by atoms with E-state index in [2.05, 4.69) is 10.1 Å². The van der Waals surface area contributed by atoms with E-state index in [1.54, 1.807) is 17.9 Å². The van der Waals surface area contributed by atoms with Gasteiger partial charge in [-0.05, 0) is 36.8 Å². The van der Waals surface area contributed by atoms with Crippen molar-refractivity contribution in [1.82, 2.24) is 14.8 Å². The summed E-state index contributed by atoms with van der Waals surface area (Å²) in [6.07, 6.45) is 2.57. The number of hydrogen-bond acceptors (Lipinski definition) is 3. The van der Waals surface area contributed by atoms with Crippen LogP contribution in [0.25, 0.3) is 10.9 Å². The Hall–Kier alpha value is -2.49. The third kappa shape index (κ3) is 2.09. The summed E-state index contributed by atoms with van der Waals surface area (Å²) in [5, 5.41) is 5.29. The van der Waals surface area contributed by atoms with Crippen molar-refractivity contribution in [2.24, 2.45) is 7.05 Å². The number of benzene rings is 1. The van der Waals surface area contributed by atoms with Gasteiger partial charge in [0.1, 0.15) is 5.69 Å². The maximum Gasteiger partial charge on any atom is 0.211 e. The summed E-state index contributed by atoms with van der Waals surface area (Å²) in [6.45, 7) is 2.03. The molecule has 0 saturated heterocycles. The van der Waals surface area contributed by atoms with Gasteiger partial charge in [-0.3, -0.25) is 14.5 Å². The van der Waals surface area contributed by atoms with Gasteiger partial charge in [-0.25, -0.2) is 0 Å². The summed E-state index contributed by atoms with van der Waals surface area (Å²) in [6, 6.07) is 11.3. The molecule has 0 unspecified atom stereocenters. The van der Waals surface area contributed by atoms with Gasteiger partial charge in [-0.1, -0.05) is 13.0 Å². The molecule has 0 aliphatic rings. The number of hydrogen-bond donors (Lipinski definition) is 0. The Bertz CT molecular complexity index is 789. The van der Waals surface area contributed by atoms with Crippen molar-refractivity contribution in [3.63, 3.8) is 0 Å². The van der Waals surface area contributed by atoms with Crippen LogP contribution in [0.3, 0.4) is 0 Å². The predicted molar refractivity (Wildman–Crippen MR) is 77.8 cm³/mol. The van der Waals surface area contributed by atoms with Crippen molar-refractivity contribution in [3.8, 4) is 0 Å². The first-order valence-corrected chi connectivity index (χ1v) is 6.61. The molecule has 1 aromatic carbocycles. The second kappa shape index (κ2) is 4.89. The Morgan fingerprint density at radius 1 is 1.25 bits per heavy atom. The Morgan fingerprint density at radius 2 is 2.10 bits per heavy atom. The van der Waals surface area contributed by atoms with Crippen molar-refractivity contribution >= 4 is 16.7 Å². The van der Waals surface area contributed by atoms with Crippen molar-refractivity contribution in [2.45, 2.75) is 13.3 Å². The van der Waals surface area contributed by atoms with Gasteiger partial charge in [-0.15, -0.1) is 0 Å². The third-order valence-corrected chi connectivity index (χ3v) is 3.39. The monoisotopic (exact) mass is 265 g/mol. The number of carbonyl (C=O) groups is 1. The summed E-state index contributed by atoms with van der Waals surface area (Å²) in [4.78, 5) is 16.8. The fourth-order valence-corrected chi connectivity index (χ4v) is 2.28. The minimum Gasteiger partial charge on any atom is -0.287 e. The molecular weight excluding hydrogens is 250 g/mol. The molecule has 0 amide bonds. The average Bonchev–Trinajstić information content (AvgIpc) is 2.87. The van der Waals surface area contributed by atoms with E-state index in [1.807, 2.05) is 43.3 Å². The number of aromatic nitrogens is 3. The summed E-state index contributed by atoms with van der Waals surface area (Å²) in [5.74, 6) is -0.00884. The highest BCUT2D eigenvalue weighted by Crippen LogP contribution is 2.17. The second-order valence-electron chi connectivity index (χ2n) is 4.74. The summed E-state index contributed by atoms with van der Waals surface area (Å²) >= 11 is 0. The van der Waals surface area contributed by atoms with E-state index in [1.165, 1.54) is 0 Å². The molecule has 2 heterocycles. The standard InChI is InChI=1S/C16H15N3O/c1-3-13-10-15(19(2)18-13)16(20)12-6-7-14-11(9-12)5-4-8-17-14/h4-10H,3H2,1-2H3. The molecule has 3 aromatic rings. The Morgan fingerprint density at radius 3 is 2.85 bits per heavy atom. The summed E-state index contributed by atoms with van der Waals surface area (Å²) in [7, 11) is 1.80. The molecule has 100 valence electrons. The molecule has 3 rings (SSSR count). The Kier molecular flexibility index (Phi) is 3.06. The smallest absolute Gasteiger partial charge is 0.211 e. The van der Waals surface area contributed by atoms with Crippen LogP contribution in [-0.2, 0) is 13.5 Å². The average molecular weight is 265 g/mol. The molecule has 0 aliphatic heterocycles. The number of pyridine rings is 1. The molecule has 0 aliphatic carbocycles. The molecule has 0 spiro atoms. The van der Waals surface area contributed by atoms with E-state index in [4.69, 9.17) is 0 Å². The fraction of sp³-hybridized carbons (Fsp3) is 0.188. The van der Waals surface area contributed by atoms with Crippen LogP contribution in [0.5, 0.6) is 0 Å². The lowest BCUT2D eigenvalue weighted by atomic mass is 10.0. The topological polar surface area (TPSA) is 47.8 Å². The number of nitrogens with zero attached hydrogens (tertiary/aromatic N) is 3. The van der Waals surface area contributed by atoms with E-state index >= 15 is 0 Å². The first kappa shape index (κ1) is 12.5. The molecule has 4 nitrogen and oxygen atoms in total. The summed E-state index contributed by atoms with van der Waals surface area (Å²) in [5.41, 5.74) is 3.10. The molecule has 0 fully saturated rings. The highest BCUT2D eigenvalue weighted by Gasteiger charge is 2.15. The van der Waals surface area contributed by atoms with Gasteiger partial charge in [-0.2, -0.15) is 5.10 Å². The Balaban J connectivity index is 2.05. The molecule has 0 N–H and O–H groups in total. The number of fused-ring (bicyclic) bond motifs is 1. The van der Waals surface area contributed by atoms with Gasteiger partial charge in [0.15, 0.2) is 0 Å². The number of rotatable bonds is 3. The van der Waals surface area contributed by atoms with Gasteiger partial charge in [0.2, 0.25) is 5.78 Å². The minimum absolute atomic E-state index is 0.00884. The van der Waals surface area contributed by atoms with Crippen LogP contribution in [0.2, 0.25) is 0 Å². The minimum atomic E-state index is -0.00884. The van der Waals surface area contributed by atoms with Crippen LogP contribution in [0.1, 0.15) is 28.7 Å². The van der Waals surface area contributed by atoms with Gasteiger partial charge in [0.05, 0.1) is 11.2 Å². The molecule has 20 heavy (non-hydrogen) atoms. The molecule has 0 atom stereocenters. The lowest BCUT2D eigenvalue weighted by Gasteiger charge is -2.03. The molecular formula is C16H15N3O. The van der Waals surface area contributed by atoms with E-state index < -0.39 is 0 Å². The highest BCUT2D eigenvalue weighted by atomic mass is 16.1. The van der Waals surface area contributed by atoms with Crippen molar-refractivity contribution in [3.05, 3.63) is 59.5 Å². The highest BCUT2D eigenvalue weighted by molar-refractivity contribution is 6.09. The third-order valence-electron chi connectivity index (χ3n) is 3.39. The lowest BCUT2D eigenvalue weighted by Crippen LogP contribution is -2.08. The fourth-order valence-electron chi connectivity index (χ4n) is 2.28. The zero-order valence-electron chi connectivity index (χ0n) is 11.5. The number of carbonyl (C=O) groups excluding carboxylic acids is 1. The van der Waals surface area contributed by atoms with Crippen LogP contribution in [0, 0.1) is 0 Å². The van der Waals surface area contributed by atoms with Crippen LogP contribution < -0.4 is 0 Å². The SMILES string of the molecule is CCc1cc(C(=O)c2ccc3ncccc3c2)n(C)n1. The molecule has 2 aromatic heterocycles. The lowest BCUT2D eigenvalue weighted by molar-refractivity contribution is 0.103. The van der Waals surface area contributed by atoms with E-state index in [0.717, 1.165) is 23.0 Å². The predicted octanol–water partition coefficient (Wildman–Crippen LogP) is 2.76. The molecule has 0 radical (unpaired) electrons. The van der Waals surface area contributed by atoms with Gasteiger partial charge >= 0.3 is 0 Å². The van der Waals surface area contributed by atoms with Gasteiger partial charge in [0, 0.05) is 24.2 Å². The Labute approximate surface area is 117 Å². The van der Waals surface area contributed by atoms with E-state index in [9.17, 15) is 4.79 Å². The van der Waals surface area contributed by atoms with Crippen molar-refractivity contribution in [2.75, 3.05) is 0 Å². The molecule has 0 bridgehead atoms. The zero-order valence-corrected chi connectivity index (χ0v) is 11.5. The molecule has 4 heteroatoms. The van der Waals surface area contributed by atoms with Crippen LogP contribution in [0.4, 0.5) is 0 Å². The van der Waals surface area contributed by atoms with Crippen LogP contribution >= 0.6 is 0 Å². The van der Waals surface area contributed by atoms with Gasteiger partial charge < -0.3 is 0 Å². The van der Waals surface area contributed by atoms with Crippen LogP contribution in [0.15, 0.2) is 42.6 Å². The number of ketones is 1. The summed E-state index contributed by atoms with van der Waals surface area (Å²) < 4.78 is 1.65. The first-order valence-electron chi connectivity index (χ1n) is 6.61. The second-order valence-corrected chi connectivity index (χ2v) is 4.74. The van der Waals surface area contributed by atoms with Crippen molar-refractivity contribution in [1.29, 1.82) is 0 Å². The zero-order chi connectivity index (χ0) is 14.1. The first-order chi connectivity index (χ1) is 9.69. The van der Waals surface area contributed by atoms with Crippen LogP contribution in [-0.4, -0.2) is 20.5 Å². The number of aryl methyl sites for hydroxylation is 2. The largest absolute Gasteiger partial charge is 0.287 e. The van der Waals surface area contributed by atoms with Crippen molar-refractivity contribution < 1.29 is 4.79 Å².